The minimum Gasteiger partial charge on any atom is 0 e. The minimum absolute atomic E-state index is 0. The maximum absolute atomic E-state index is 3.10. The Hall–Kier alpha value is 3.98. The van der Waals surface area contributed by atoms with E-state index in [0.29, 0.717) is 0 Å². The summed E-state index contributed by atoms with van der Waals surface area (Å²) in [6.07, 6.45) is 0. The van der Waals surface area contributed by atoms with Crippen LogP contribution >= 0.6 is 14.2 Å². The van der Waals surface area contributed by atoms with Crippen molar-refractivity contribution in [2.75, 3.05) is 0 Å². The molecule has 0 aliphatic carbocycles. The van der Waals surface area contributed by atoms with Crippen LogP contribution in [0.2, 0.25) is 0 Å². The second kappa shape index (κ2) is 50.8. The monoisotopic (exact) mass is 446 g/mol. The van der Waals surface area contributed by atoms with Crippen LogP contribution in [0.5, 0.6) is 0 Å². The summed E-state index contributed by atoms with van der Waals surface area (Å²) in [5.41, 5.74) is 0. The zero-order valence-electron chi connectivity index (χ0n) is 3.12. The van der Waals surface area contributed by atoms with Crippen molar-refractivity contribution < 1.29 is 54.1 Å². The number of hydrogen-bond acceptors (Lipinski definition) is 0. The van der Waals surface area contributed by atoms with E-state index in [4.69, 9.17) is 0 Å². The fourth-order valence-corrected chi connectivity index (χ4v) is 0. The first-order chi connectivity index (χ1) is 2.00. The second-order valence-corrected chi connectivity index (χ2v) is 0. The van der Waals surface area contributed by atoms with Crippen molar-refractivity contribution in [2.24, 2.45) is 0 Å². The molecule has 30 valence electrons. The summed E-state index contributed by atoms with van der Waals surface area (Å²) in [5, 5.41) is 0. The maximum atomic E-state index is 3.10. The van der Waals surface area contributed by atoms with E-state index < -0.39 is 0 Å². The Morgan fingerprint density at radius 3 is 0.857 bits per heavy atom. The Morgan fingerprint density at radius 2 is 0.857 bits per heavy atom. The van der Waals surface area contributed by atoms with E-state index in [2.05, 4.69) is 14.2 Å². The van der Waals surface area contributed by atoms with Gasteiger partial charge in [0, 0.05) is 19.5 Å². The van der Waals surface area contributed by atoms with Gasteiger partial charge >= 0.3 is 94.5 Å². The van der Waals surface area contributed by atoms with Gasteiger partial charge in [-0.3, -0.25) is 0 Å². The van der Waals surface area contributed by atoms with E-state index in [1.165, 1.54) is 34.7 Å². The first kappa shape index (κ1) is 30.6. The molecule has 0 saturated carbocycles. The smallest absolute Gasteiger partial charge is 0 e. The summed E-state index contributed by atoms with van der Waals surface area (Å²) < 4.78 is 0. The van der Waals surface area contributed by atoms with Gasteiger partial charge in [-0.05, 0) is 0 Å². The normalized spacial score (nSPS) is 1.71. The molecule has 0 aliphatic heterocycles. The molecular weight excluding hydrogens is 443 g/mol. The fourth-order valence-electron chi connectivity index (χ4n) is 0. The third-order valence-electron chi connectivity index (χ3n) is 0. The van der Waals surface area contributed by atoms with Crippen LogP contribution in [0, 0.1) is 0 Å². The standard InChI is InChI=1S/Ga.In.2HP.3Zn.6H/h;;2*1H;;;;;;;;;. The van der Waals surface area contributed by atoms with Crippen LogP contribution in [0.4, 0.5) is 0 Å². The number of rotatable bonds is 0. The first-order valence-electron chi connectivity index (χ1n) is 0.707. The summed E-state index contributed by atoms with van der Waals surface area (Å²) in [6.45, 7) is 0. The quantitative estimate of drug-likeness (QED) is 0.322. The molecule has 0 atom stereocenters. The van der Waals surface area contributed by atoms with Crippen LogP contribution in [0.1, 0.15) is 0 Å². The Labute approximate surface area is 112 Å². The molecule has 0 radical (unpaired) electrons. The predicted octanol–water partition coefficient (Wildman–Crippen LogP) is -1.19. The molecule has 0 bridgehead atoms. The zero-order valence-corrected chi connectivity index (χ0v) is 14.0. The largest absolute Gasteiger partial charge is 0 e. The molecule has 7 heteroatoms. The van der Waals surface area contributed by atoms with E-state index in [1.807, 2.05) is 0 Å². The Kier molecular flexibility index (Phi) is 222. The van der Waals surface area contributed by atoms with Gasteiger partial charge in [-0.25, -0.2) is 0 Å². The average Bonchev–Trinajstić information content (AvgIpc) is 1.50. The van der Waals surface area contributed by atoms with Crippen LogP contribution in [-0.4, -0.2) is 45.6 Å². The van der Waals surface area contributed by atoms with Crippen molar-refractivity contribution in [1.29, 1.82) is 0 Å². The van der Waals surface area contributed by atoms with Gasteiger partial charge in [0.25, 0.3) is 0 Å². The van der Waals surface area contributed by atoms with Crippen molar-refractivity contribution in [1.82, 2.24) is 0 Å². The molecular formula is H8GaInP2Zn3. The van der Waals surface area contributed by atoms with Crippen molar-refractivity contribution in [3.8, 4) is 0 Å². The van der Waals surface area contributed by atoms with Crippen LogP contribution < -0.4 is 0 Å². The molecule has 0 aromatic rings. The minimum atomic E-state index is 0. The zero-order chi connectivity index (χ0) is 4.00. The van der Waals surface area contributed by atoms with E-state index in [1.54, 1.807) is 0 Å². The van der Waals surface area contributed by atoms with Gasteiger partial charge in [-0.15, -0.1) is 0 Å². The van der Waals surface area contributed by atoms with Gasteiger partial charge in [-0.2, -0.15) is 0 Å². The van der Waals surface area contributed by atoms with E-state index >= 15 is 0 Å². The predicted molar refractivity (Wildman–Crippen MR) is 36.5 cm³/mol. The van der Waals surface area contributed by atoms with Gasteiger partial charge in [0.1, 0.15) is 0 Å². The number of hydrogen-bond donors (Lipinski definition) is 0. The van der Waals surface area contributed by atoms with Crippen molar-refractivity contribution in [3.63, 3.8) is 0 Å². The molecule has 0 heterocycles. The molecule has 0 saturated heterocycles. The Balaban J connectivity index is -0.00000000267. The molecule has 0 nitrogen and oxygen atoms in total. The van der Waals surface area contributed by atoms with E-state index in [0.717, 1.165) is 0 Å². The second-order valence-electron chi connectivity index (χ2n) is 0. The molecule has 0 aliphatic rings. The fraction of sp³-hybridized carbons (Fsp3) is 0. The maximum Gasteiger partial charge on any atom is 0 e. The summed E-state index contributed by atoms with van der Waals surface area (Å²) in [6, 6.07) is 0. The first-order valence-corrected chi connectivity index (χ1v) is 11.0. The molecule has 0 unspecified atom stereocenters. The van der Waals surface area contributed by atoms with Crippen LogP contribution in [0.3, 0.4) is 0 Å². The topological polar surface area (TPSA) is 0 Å². The van der Waals surface area contributed by atoms with E-state index in [9.17, 15) is 0 Å². The molecule has 7 heavy (non-hydrogen) atoms. The van der Waals surface area contributed by atoms with Gasteiger partial charge in [0.05, 0.1) is 0 Å². The third-order valence-corrected chi connectivity index (χ3v) is 0. The van der Waals surface area contributed by atoms with Gasteiger partial charge in [0.15, 0.2) is 0 Å². The average molecular weight is 451 g/mol. The molecule has 0 fully saturated rings. The van der Waals surface area contributed by atoms with Crippen molar-refractivity contribution >= 4 is 59.9 Å². The summed E-state index contributed by atoms with van der Waals surface area (Å²) in [7, 11) is 6.19. The SMILES string of the molecule is [GaH3].[InH3].[PH]=[Zn].[PH]=[Zn].[Zn]. The molecule has 0 N–H and O–H groups in total. The summed E-state index contributed by atoms with van der Waals surface area (Å²) >= 11 is 2.36. The molecule has 0 aromatic heterocycles. The molecule has 0 amide bonds. The molecule has 0 rings (SSSR count). The van der Waals surface area contributed by atoms with Crippen LogP contribution in [0.25, 0.3) is 0 Å². The third kappa shape index (κ3) is 40.1. The van der Waals surface area contributed by atoms with Crippen molar-refractivity contribution in [2.45, 2.75) is 0 Å². The van der Waals surface area contributed by atoms with Gasteiger partial charge in [-0.1, -0.05) is 0 Å². The van der Waals surface area contributed by atoms with Crippen molar-refractivity contribution in [3.05, 3.63) is 0 Å². The van der Waals surface area contributed by atoms with Gasteiger partial charge in [0.2, 0.25) is 0 Å². The van der Waals surface area contributed by atoms with Gasteiger partial charge < -0.3 is 0 Å². The van der Waals surface area contributed by atoms with Crippen LogP contribution in [0.15, 0.2) is 0 Å². The molecule has 0 aromatic carbocycles. The molecule has 0 spiro atoms. The summed E-state index contributed by atoms with van der Waals surface area (Å²) in [5.74, 6) is 0. The Morgan fingerprint density at radius 1 is 0.857 bits per heavy atom. The summed E-state index contributed by atoms with van der Waals surface area (Å²) in [4.78, 5) is 0. The Bertz CT molecular complexity index is 14.9. The van der Waals surface area contributed by atoms with E-state index in [-0.39, 0.29) is 65.1 Å². The van der Waals surface area contributed by atoms with Crippen LogP contribution in [-0.2, 0) is 54.1 Å².